The molecule has 4 aromatic rings. The molecule has 106 valence electrons. The highest BCUT2D eigenvalue weighted by molar-refractivity contribution is 6.13. The first kappa shape index (κ1) is 12.0. The van der Waals surface area contributed by atoms with Crippen LogP contribution in [0.25, 0.3) is 32.9 Å². The van der Waals surface area contributed by atoms with Crippen LogP contribution in [0.5, 0.6) is 0 Å². The molecule has 3 aromatic heterocycles. The zero-order valence-corrected chi connectivity index (χ0v) is 11.0. The average molecular weight is 284 g/mol. The van der Waals surface area contributed by atoms with Crippen LogP contribution in [0.15, 0.2) is 33.5 Å². The zero-order valence-electron chi connectivity index (χ0n) is 11.0. The van der Waals surface area contributed by atoms with Gasteiger partial charge >= 0.3 is 5.63 Å². The molecule has 0 fully saturated rings. The maximum absolute atomic E-state index is 12.2. The molecule has 0 saturated heterocycles. The minimum atomic E-state index is -0.513. The standard InChI is InChI=1S/C14H12N4O3/c15-13-9-10(17-18(13)5-6-19)11-12(21-14(9)20)7-3-1-2-4-8(7)16-11/h1-4,17,19H,5-6,15H2. The smallest absolute Gasteiger partial charge is 0.349 e. The molecule has 0 saturated carbocycles. The van der Waals surface area contributed by atoms with E-state index in [0.717, 1.165) is 10.9 Å². The first-order valence-electron chi connectivity index (χ1n) is 6.51. The number of nitrogens with two attached hydrogens (primary N) is 1. The summed E-state index contributed by atoms with van der Waals surface area (Å²) in [7, 11) is 0. The number of hydrogen-bond acceptors (Lipinski definition) is 5. The van der Waals surface area contributed by atoms with E-state index in [1.807, 2.05) is 24.3 Å². The van der Waals surface area contributed by atoms with Crippen LogP contribution in [0.4, 0.5) is 5.82 Å². The summed E-state index contributed by atoms with van der Waals surface area (Å²) >= 11 is 0. The van der Waals surface area contributed by atoms with E-state index in [1.54, 1.807) is 0 Å². The van der Waals surface area contributed by atoms with E-state index in [1.165, 1.54) is 4.68 Å². The number of aromatic amines is 1. The predicted molar refractivity (Wildman–Crippen MR) is 79.1 cm³/mol. The molecule has 3 heterocycles. The van der Waals surface area contributed by atoms with Crippen molar-refractivity contribution in [1.29, 1.82) is 0 Å². The number of nitrogens with one attached hydrogen (secondary N) is 1. The maximum atomic E-state index is 12.2. The van der Waals surface area contributed by atoms with Gasteiger partial charge in [0.25, 0.3) is 0 Å². The molecule has 1 aromatic carbocycles. The largest absolute Gasteiger partial charge is 0.420 e. The van der Waals surface area contributed by atoms with Gasteiger partial charge in [-0.3, -0.25) is 9.78 Å². The molecule has 0 radical (unpaired) electrons. The van der Waals surface area contributed by atoms with Crippen molar-refractivity contribution >= 4 is 38.7 Å². The van der Waals surface area contributed by atoms with Crippen molar-refractivity contribution in [2.24, 2.45) is 0 Å². The molecule has 0 amide bonds. The van der Waals surface area contributed by atoms with E-state index in [4.69, 9.17) is 15.3 Å². The molecule has 4 N–H and O–H groups in total. The van der Waals surface area contributed by atoms with Gasteiger partial charge in [-0.25, -0.2) is 9.78 Å². The van der Waals surface area contributed by atoms with Gasteiger partial charge < -0.3 is 15.3 Å². The van der Waals surface area contributed by atoms with Crippen molar-refractivity contribution in [1.82, 2.24) is 14.8 Å². The van der Waals surface area contributed by atoms with Crippen molar-refractivity contribution in [3.8, 4) is 0 Å². The first-order chi connectivity index (χ1) is 10.2. The molecule has 0 unspecified atom stereocenters. The Bertz CT molecular complexity index is 1040. The van der Waals surface area contributed by atoms with Crippen molar-refractivity contribution in [3.05, 3.63) is 34.7 Å². The molecular formula is C14H12N4O3. The fourth-order valence-electron chi connectivity index (χ4n) is 2.65. The first-order valence-corrected chi connectivity index (χ1v) is 6.51. The Morgan fingerprint density at radius 1 is 1.38 bits per heavy atom. The molecule has 0 aliphatic rings. The lowest BCUT2D eigenvalue weighted by atomic mass is 10.2. The Kier molecular flexibility index (Phi) is 2.34. The molecular weight excluding hydrogens is 272 g/mol. The summed E-state index contributed by atoms with van der Waals surface area (Å²) in [6.07, 6.45) is 0. The van der Waals surface area contributed by atoms with Gasteiger partial charge in [-0.2, -0.15) is 0 Å². The van der Waals surface area contributed by atoms with Crippen LogP contribution in [-0.2, 0) is 6.54 Å². The summed E-state index contributed by atoms with van der Waals surface area (Å²) in [5, 5.41) is 13.1. The maximum Gasteiger partial charge on any atom is 0.349 e. The third-order valence-corrected chi connectivity index (χ3v) is 3.60. The lowest BCUT2D eigenvalue weighted by molar-refractivity contribution is 0.271. The molecule has 0 aliphatic carbocycles. The molecule has 0 spiro atoms. The summed E-state index contributed by atoms with van der Waals surface area (Å²) < 4.78 is 6.92. The van der Waals surface area contributed by atoms with Crippen LogP contribution in [-0.4, -0.2) is 26.5 Å². The predicted octanol–water partition coefficient (Wildman–Crippen LogP) is 1.20. The topological polar surface area (TPSA) is 110 Å². The van der Waals surface area contributed by atoms with Crippen molar-refractivity contribution in [3.63, 3.8) is 0 Å². The number of aliphatic hydroxyl groups is 1. The number of benzene rings is 1. The number of nitrogen functional groups attached to an aromatic ring is 1. The number of nitrogens with zero attached hydrogens (tertiary/aromatic N) is 2. The number of hydrogen-bond donors (Lipinski definition) is 3. The second-order valence-corrected chi connectivity index (χ2v) is 4.82. The Balaban J connectivity index is 2.23. The summed E-state index contributed by atoms with van der Waals surface area (Å²) in [6.45, 7) is 0.175. The Morgan fingerprint density at radius 2 is 2.19 bits per heavy atom. The fraction of sp³-hybridized carbons (Fsp3) is 0.143. The van der Waals surface area contributed by atoms with E-state index in [9.17, 15) is 4.79 Å². The van der Waals surface area contributed by atoms with Gasteiger partial charge in [0.2, 0.25) is 0 Å². The van der Waals surface area contributed by atoms with Gasteiger partial charge in [0, 0.05) is 5.39 Å². The van der Waals surface area contributed by atoms with Crippen molar-refractivity contribution in [2.45, 2.75) is 6.54 Å². The molecule has 0 bridgehead atoms. The van der Waals surface area contributed by atoms with Crippen LogP contribution in [0.2, 0.25) is 0 Å². The van der Waals surface area contributed by atoms with Crippen LogP contribution in [0.3, 0.4) is 0 Å². The highest BCUT2D eigenvalue weighted by atomic mass is 16.4. The van der Waals surface area contributed by atoms with Crippen LogP contribution < -0.4 is 11.4 Å². The molecule has 4 rings (SSSR count). The number of para-hydroxylation sites is 1. The fourth-order valence-corrected chi connectivity index (χ4v) is 2.65. The Morgan fingerprint density at radius 3 is 3.00 bits per heavy atom. The monoisotopic (exact) mass is 284 g/mol. The minimum Gasteiger partial charge on any atom is -0.420 e. The third kappa shape index (κ3) is 1.52. The molecule has 7 heteroatoms. The van der Waals surface area contributed by atoms with Crippen LogP contribution in [0.1, 0.15) is 0 Å². The molecule has 21 heavy (non-hydrogen) atoms. The number of anilines is 1. The lowest BCUT2D eigenvalue weighted by Gasteiger charge is -2.00. The minimum absolute atomic E-state index is 0.0907. The number of aliphatic hydroxyl groups excluding tert-OH is 1. The van der Waals surface area contributed by atoms with Crippen molar-refractivity contribution < 1.29 is 9.52 Å². The van der Waals surface area contributed by atoms with Gasteiger partial charge in [0.1, 0.15) is 22.2 Å². The molecule has 0 aliphatic heterocycles. The average Bonchev–Trinajstić information content (AvgIpc) is 3.00. The highest BCUT2D eigenvalue weighted by Crippen LogP contribution is 2.30. The lowest BCUT2D eigenvalue weighted by Crippen LogP contribution is -2.08. The summed E-state index contributed by atoms with van der Waals surface area (Å²) in [6, 6.07) is 7.45. The van der Waals surface area contributed by atoms with E-state index < -0.39 is 5.63 Å². The van der Waals surface area contributed by atoms with Gasteiger partial charge in [-0.05, 0) is 12.1 Å². The van der Waals surface area contributed by atoms with Crippen molar-refractivity contribution in [2.75, 3.05) is 12.3 Å². The summed E-state index contributed by atoms with van der Waals surface area (Å²) in [5.74, 6) is 0.238. The van der Waals surface area contributed by atoms with Crippen LogP contribution in [0, 0.1) is 0 Å². The quantitative estimate of drug-likeness (QED) is 0.512. The van der Waals surface area contributed by atoms with Gasteiger partial charge in [-0.1, -0.05) is 12.1 Å². The van der Waals surface area contributed by atoms with E-state index >= 15 is 0 Å². The van der Waals surface area contributed by atoms with Gasteiger partial charge in [0.05, 0.1) is 18.7 Å². The van der Waals surface area contributed by atoms with E-state index in [-0.39, 0.29) is 24.4 Å². The number of rotatable bonds is 2. The van der Waals surface area contributed by atoms with E-state index in [2.05, 4.69) is 10.1 Å². The number of aromatic nitrogens is 3. The number of H-pyrrole nitrogens is 1. The third-order valence-electron chi connectivity index (χ3n) is 3.60. The SMILES string of the molecule is Nc1c2c(=O)oc3c4ccccc4nc3c2[nH]n1CCO. The summed E-state index contributed by atoms with van der Waals surface area (Å²) in [4.78, 5) is 16.7. The van der Waals surface area contributed by atoms with E-state index in [0.29, 0.717) is 16.6 Å². The Hall–Kier alpha value is -2.80. The molecule has 0 atom stereocenters. The summed E-state index contributed by atoms with van der Waals surface area (Å²) in [5.41, 5.74) is 7.73. The normalized spacial score (nSPS) is 11.9. The van der Waals surface area contributed by atoms with Gasteiger partial charge in [0.15, 0.2) is 5.58 Å². The highest BCUT2D eigenvalue weighted by Gasteiger charge is 2.19. The Labute approximate surface area is 117 Å². The van der Waals surface area contributed by atoms with Gasteiger partial charge in [-0.15, -0.1) is 0 Å². The molecule has 7 nitrogen and oxygen atoms in total. The second-order valence-electron chi connectivity index (χ2n) is 4.82. The van der Waals surface area contributed by atoms with Crippen LogP contribution >= 0.6 is 0 Å². The second kappa shape index (κ2) is 4.10. The number of fused-ring (bicyclic) bond motifs is 5. The zero-order chi connectivity index (χ0) is 14.6.